The fourth-order valence-corrected chi connectivity index (χ4v) is 4.70. The third-order valence-electron chi connectivity index (χ3n) is 5.29. The van der Waals surface area contributed by atoms with Gasteiger partial charge in [-0.15, -0.1) is 0 Å². The molecule has 1 heterocycles. The predicted molar refractivity (Wildman–Crippen MR) is 133 cm³/mol. The highest BCUT2D eigenvalue weighted by atomic mass is 127. The maximum atomic E-state index is 14.5. The van der Waals surface area contributed by atoms with Gasteiger partial charge in [-0.2, -0.15) is 13.1 Å². The molecule has 0 aliphatic carbocycles. The van der Waals surface area contributed by atoms with Crippen molar-refractivity contribution < 1.29 is 26.4 Å². The molecular weight excluding hydrogens is 586 g/mol. The maximum absolute atomic E-state index is 14.5. The van der Waals surface area contributed by atoms with Crippen LogP contribution in [-0.2, 0) is 10.2 Å². The fourth-order valence-electron chi connectivity index (χ4n) is 3.34. The number of carbonyl (C=O) groups is 1. The molecule has 1 fully saturated rings. The van der Waals surface area contributed by atoms with Crippen LogP contribution in [0, 0.1) is 26.9 Å². The van der Waals surface area contributed by atoms with Crippen LogP contribution in [0.3, 0.4) is 0 Å². The predicted octanol–water partition coefficient (Wildman–Crippen LogP) is 4.14. The SMILES string of the molecule is CC1CCN(C(=O)NCCNS(=O)(=O)Nc2ccc(F)c(F)c2Nc2ccc(I)cc2F)CC1. The first-order valence-corrected chi connectivity index (χ1v) is 13.1. The Morgan fingerprint density at radius 1 is 1.06 bits per heavy atom. The van der Waals surface area contributed by atoms with Gasteiger partial charge in [0.15, 0.2) is 11.6 Å². The number of nitrogens with zero attached hydrogens (tertiary/aromatic N) is 1. The van der Waals surface area contributed by atoms with Gasteiger partial charge >= 0.3 is 6.03 Å². The van der Waals surface area contributed by atoms with Gasteiger partial charge in [-0.3, -0.25) is 4.72 Å². The van der Waals surface area contributed by atoms with Crippen molar-refractivity contribution in [3.05, 3.63) is 51.4 Å². The van der Waals surface area contributed by atoms with Gasteiger partial charge < -0.3 is 15.5 Å². The Kier molecular flexibility index (Phi) is 8.87. The Hall–Kier alpha value is -2.26. The summed E-state index contributed by atoms with van der Waals surface area (Å²) in [7, 11) is -4.21. The highest BCUT2D eigenvalue weighted by Gasteiger charge is 2.21. The van der Waals surface area contributed by atoms with E-state index in [0.29, 0.717) is 22.6 Å². The molecule has 2 aromatic rings. The van der Waals surface area contributed by atoms with Gasteiger partial charge in [-0.1, -0.05) is 6.92 Å². The van der Waals surface area contributed by atoms with Crippen molar-refractivity contribution in [3.8, 4) is 0 Å². The van der Waals surface area contributed by atoms with Gasteiger partial charge in [-0.25, -0.2) is 18.0 Å². The average molecular weight is 611 g/mol. The third-order valence-corrected chi connectivity index (χ3v) is 7.04. The lowest BCUT2D eigenvalue weighted by atomic mass is 10.00. The van der Waals surface area contributed by atoms with Gasteiger partial charge in [0.1, 0.15) is 11.5 Å². The summed E-state index contributed by atoms with van der Waals surface area (Å²) in [6, 6.07) is 5.55. The number of hydrogen-bond donors (Lipinski definition) is 4. The van der Waals surface area contributed by atoms with E-state index in [1.807, 2.05) is 22.6 Å². The zero-order chi connectivity index (χ0) is 24.9. The molecule has 3 rings (SSSR count). The summed E-state index contributed by atoms with van der Waals surface area (Å²) in [4.78, 5) is 13.8. The van der Waals surface area contributed by atoms with Crippen LogP contribution in [0.4, 0.5) is 35.0 Å². The quantitative estimate of drug-likeness (QED) is 0.266. The Morgan fingerprint density at radius 3 is 2.41 bits per heavy atom. The van der Waals surface area contributed by atoms with Crippen LogP contribution in [0.25, 0.3) is 0 Å². The number of carbonyl (C=O) groups excluding carboxylic acids is 1. The second-order valence-electron chi connectivity index (χ2n) is 7.93. The monoisotopic (exact) mass is 611 g/mol. The molecule has 186 valence electrons. The molecule has 0 atom stereocenters. The number of nitrogens with one attached hydrogen (secondary N) is 4. The first kappa shape index (κ1) is 26.3. The van der Waals surface area contributed by atoms with Crippen LogP contribution in [0.1, 0.15) is 19.8 Å². The van der Waals surface area contributed by atoms with E-state index in [1.165, 1.54) is 12.1 Å². The van der Waals surface area contributed by atoms with E-state index in [1.54, 1.807) is 11.0 Å². The molecule has 0 aromatic heterocycles. The Balaban J connectivity index is 1.61. The lowest BCUT2D eigenvalue weighted by Crippen LogP contribution is -2.46. The van der Waals surface area contributed by atoms with Crippen LogP contribution in [0.15, 0.2) is 30.3 Å². The fraction of sp³-hybridized carbons (Fsp3) is 0.381. The van der Waals surface area contributed by atoms with E-state index >= 15 is 0 Å². The number of amides is 2. The molecule has 1 saturated heterocycles. The minimum absolute atomic E-state index is 0.0303. The summed E-state index contributed by atoms with van der Waals surface area (Å²) in [5.74, 6) is -2.76. The maximum Gasteiger partial charge on any atom is 0.317 e. The molecule has 2 amide bonds. The second-order valence-corrected chi connectivity index (χ2v) is 10.7. The summed E-state index contributed by atoms with van der Waals surface area (Å²) >= 11 is 1.89. The van der Waals surface area contributed by atoms with Crippen molar-refractivity contribution >= 4 is 55.9 Å². The molecule has 13 heteroatoms. The first-order valence-electron chi connectivity index (χ1n) is 10.6. The van der Waals surface area contributed by atoms with Crippen molar-refractivity contribution in [2.24, 2.45) is 5.92 Å². The smallest absolute Gasteiger partial charge is 0.317 e. The molecule has 1 aliphatic heterocycles. The van der Waals surface area contributed by atoms with Gasteiger partial charge in [0, 0.05) is 29.7 Å². The summed E-state index contributed by atoms with van der Waals surface area (Å²) in [6.07, 6.45) is 1.83. The number of halogens is 4. The molecule has 2 aromatic carbocycles. The Bertz CT molecular complexity index is 1140. The van der Waals surface area contributed by atoms with Gasteiger partial charge in [0.05, 0.1) is 11.4 Å². The lowest BCUT2D eigenvalue weighted by molar-refractivity contribution is 0.174. The lowest BCUT2D eigenvalue weighted by Gasteiger charge is -2.30. The zero-order valence-electron chi connectivity index (χ0n) is 18.3. The van der Waals surface area contributed by atoms with Crippen LogP contribution < -0.4 is 20.1 Å². The van der Waals surface area contributed by atoms with Crippen molar-refractivity contribution in [3.63, 3.8) is 0 Å². The molecule has 0 bridgehead atoms. The number of hydrogen-bond acceptors (Lipinski definition) is 4. The first-order chi connectivity index (χ1) is 16.1. The number of piperidine rings is 1. The zero-order valence-corrected chi connectivity index (χ0v) is 21.3. The van der Waals surface area contributed by atoms with Crippen LogP contribution >= 0.6 is 22.6 Å². The number of likely N-dealkylation sites (tertiary alicyclic amines) is 1. The van der Waals surface area contributed by atoms with Crippen molar-refractivity contribution in [2.75, 3.05) is 36.2 Å². The van der Waals surface area contributed by atoms with Crippen molar-refractivity contribution in [1.82, 2.24) is 14.9 Å². The minimum Gasteiger partial charge on any atom is -0.349 e. The van der Waals surface area contributed by atoms with E-state index < -0.39 is 33.3 Å². The molecule has 0 saturated carbocycles. The normalized spacial score (nSPS) is 14.7. The van der Waals surface area contributed by atoms with E-state index in [9.17, 15) is 26.4 Å². The molecule has 0 unspecified atom stereocenters. The van der Waals surface area contributed by atoms with Gasteiger partial charge in [0.25, 0.3) is 10.2 Å². The molecule has 8 nitrogen and oxygen atoms in total. The van der Waals surface area contributed by atoms with Crippen molar-refractivity contribution in [1.29, 1.82) is 0 Å². The Morgan fingerprint density at radius 2 is 1.74 bits per heavy atom. The van der Waals surface area contributed by atoms with Crippen LogP contribution in [0.2, 0.25) is 0 Å². The third kappa shape index (κ3) is 7.12. The minimum atomic E-state index is -4.21. The summed E-state index contributed by atoms with van der Waals surface area (Å²) < 4.78 is 72.2. The average Bonchev–Trinajstić information content (AvgIpc) is 2.78. The van der Waals surface area contributed by atoms with E-state index in [4.69, 9.17) is 0 Å². The van der Waals surface area contributed by atoms with Gasteiger partial charge in [-0.05, 0) is 71.7 Å². The second kappa shape index (κ2) is 11.4. The number of rotatable bonds is 8. The van der Waals surface area contributed by atoms with Crippen LogP contribution in [0.5, 0.6) is 0 Å². The molecule has 34 heavy (non-hydrogen) atoms. The number of benzene rings is 2. The van der Waals surface area contributed by atoms with Gasteiger partial charge in [0.2, 0.25) is 0 Å². The van der Waals surface area contributed by atoms with E-state index in [0.717, 1.165) is 25.0 Å². The standard InChI is InChI=1S/C21H25F3IN5O3S/c1-13-6-10-30(11-7-13)21(31)26-8-9-27-34(32,33)29-18-5-3-15(22)19(24)20(18)28-17-4-2-14(25)12-16(17)23/h2-5,12-13,27-29H,6-11H2,1H3,(H,26,31). The molecule has 0 spiro atoms. The molecule has 1 aliphatic rings. The van der Waals surface area contributed by atoms with Crippen LogP contribution in [-0.4, -0.2) is 45.5 Å². The van der Waals surface area contributed by atoms with E-state index in [-0.39, 0.29) is 30.5 Å². The number of anilines is 3. The summed E-state index contributed by atoms with van der Waals surface area (Å²) in [5, 5.41) is 5.05. The largest absolute Gasteiger partial charge is 0.349 e. The van der Waals surface area contributed by atoms with Crippen molar-refractivity contribution in [2.45, 2.75) is 19.8 Å². The topological polar surface area (TPSA) is 103 Å². The summed E-state index contributed by atoms with van der Waals surface area (Å²) in [6.45, 7) is 3.31. The highest BCUT2D eigenvalue weighted by molar-refractivity contribution is 14.1. The number of urea groups is 1. The van der Waals surface area contributed by atoms with E-state index in [2.05, 4.69) is 27.0 Å². The Labute approximate surface area is 210 Å². The summed E-state index contributed by atoms with van der Waals surface area (Å²) in [5.41, 5.74) is -1.05. The molecular formula is C21H25F3IN5O3S. The molecule has 0 radical (unpaired) electrons. The highest BCUT2D eigenvalue weighted by Crippen LogP contribution is 2.32. The molecule has 4 N–H and O–H groups in total.